The molecule has 80 valence electrons. The molecule has 1 heterocycles. The second-order valence-corrected chi connectivity index (χ2v) is 5.10. The fraction of sp³-hybridized carbons (Fsp3) is 0.636. The third-order valence-corrected chi connectivity index (χ3v) is 3.71. The van der Waals surface area contributed by atoms with E-state index in [9.17, 15) is 0 Å². The Bertz CT molecular complexity index is 235. The van der Waals surface area contributed by atoms with Crippen molar-refractivity contribution in [2.45, 2.75) is 25.1 Å². The number of nitrogens with zero attached hydrogens (tertiary/aromatic N) is 1. The van der Waals surface area contributed by atoms with Gasteiger partial charge in [-0.1, -0.05) is 19.4 Å². The molecule has 0 radical (unpaired) electrons. The van der Waals surface area contributed by atoms with Gasteiger partial charge in [0.2, 0.25) is 0 Å². The van der Waals surface area contributed by atoms with Crippen LogP contribution in [0.4, 0.5) is 0 Å². The number of unbranched alkanes of at least 4 members (excludes halogenated alkanes) is 1. The molecule has 0 aromatic carbocycles. The highest BCUT2D eigenvalue weighted by molar-refractivity contribution is 7.10. The Labute approximate surface area is 95.7 Å². The number of alkyl halides is 1. The first-order valence-electron chi connectivity index (χ1n) is 5.10. The van der Waals surface area contributed by atoms with Crippen LogP contribution in [0.15, 0.2) is 17.5 Å². The first-order chi connectivity index (χ1) is 6.74. The molecule has 14 heavy (non-hydrogen) atoms. The van der Waals surface area contributed by atoms with Crippen molar-refractivity contribution in [2.24, 2.45) is 0 Å². The standard InChI is InChI=1S/C11H18ClNS/c1-3-4-7-13(2)9-10(12)11-6-5-8-14-11/h5-6,8,10H,3-4,7,9H2,1-2H3. The van der Waals surface area contributed by atoms with E-state index in [0.29, 0.717) is 0 Å². The van der Waals surface area contributed by atoms with Crippen LogP contribution in [-0.2, 0) is 0 Å². The lowest BCUT2D eigenvalue weighted by Gasteiger charge is -2.18. The SMILES string of the molecule is CCCCN(C)CC(Cl)c1cccs1. The van der Waals surface area contributed by atoms with Crippen molar-refractivity contribution in [1.29, 1.82) is 0 Å². The molecule has 1 aromatic heterocycles. The summed E-state index contributed by atoms with van der Waals surface area (Å²) in [6.07, 6.45) is 2.50. The molecule has 0 saturated heterocycles. The Morgan fingerprint density at radius 1 is 1.57 bits per heavy atom. The summed E-state index contributed by atoms with van der Waals surface area (Å²) in [6, 6.07) is 4.16. The second kappa shape index (κ2) is 6.44. The van der Waals surface area contributed by atoms with Gasteiger partial charge < -0.3 is 4.90 Å². The fourth-order valence-electron chi connectivity index (χ4n) is 1.35. The summed E-state index contributed by atoms with van der Waals surface area (Å²) in [7, 11) is 2.14. The number of likely N-dealkylation sites (N-methyl/N-ethyl adjacent to an activating group) is 1. The van der Waals surface area contributed by atoms with Crippen LogP contribution in [0.25, 0.3) is 0 Å². The predicted octanol–water partition coefficient (Wildman–Crippen LogP) is 3.76. The van der Waals surface area contributed by atoms with E-state index in [1.54, 1.807) is 11.3 Å². The summed E-state index contributed by atoms with van der Waals surface area (Å²) in [5.41, 5.74) is 0. The van der Waals surface area contributed by atoms with Gasteiger partial charge in [0.25, 0.3) is 0 Å². The number of hydrogen-bond acceptors (Lipinski definition) is 2. The zero-order valence-corrected chi connectivity index (χ0v) is 10.4. The van der Waals surface area contributed by atoms with Crippen LogP contribution in [0.3, 0.4) is 0 Å². The Morgan fingerprint density at radius 3 is 2.93 bits per heavy atom. The van der Waals surface area contributed by atoms with E-state index < -0.39 is 0 Å². The zero-order valence-electron chi connectivity index (χ0n) is 8.87. The van der Waals surface area contributed by atoms with Crippen LogP contribution in [0.2, 0.25) is 0 Å². The molecule has 1 unspecified atom stereocenters. The Kier molecular flexibility index (Phi) is 5.53. The van der Waals surface area contributed by atoms with Crippen molar-refractivity contribution >= 4 is 22.9 Å². The van der Waals surface area contributed by atoms with Crippen LogP contribution in [0, 0.1) is 0 Å². The molecule has 1 atom stereocenters. The quantitative estimate of drug-likeness (QED) is 0.674. The average Bonchev–Trinajstić information content (AvgIpc) is 2.67. The van der Waals surface area contributed by atoms with Crippen molar-refractivity contribution in [3.05, 3.63) is 22.4 Å². The summed E-state index contributed by atoms with van der Waals surface area (Å²) in [5.74, 6) is 0. The maximum Gasteiger partial charge on any atom is 0.0805 e. The van der Waals surface area contributed by atoms with Gasteiger partial charge in [-0.15, -0.1) is 22.9 Å². The molecule has 1 rings (SSSR count). The van der Waals surface area contributed by atoms with Gasteiger partial charge in [-0.05, 0) is 31.5 Å². The van der Waals surface area contributed by atoms with Crippen LogP contribution >= 0.6 is 22.9 Å². The van der Waals surface area contributed by atoms with Gasteiger partial charge in [-0.3, -0.25) is 0 Å². The summed E-state index contributed by atoms with van der Waals surface area (Å²) in [6.45, 7) is 4.30. The Hall–Kier alpha value is -0.0500. The first-order valence-corrected chi connectivity index (χ1v) is 6.41. The summed E-state index contributed by atoms with van der Waals surface area (Å²) >= 11 is 8.03. The van der Waals surface area contributed by atoms with Gasteiger partial charge in [0.05, 0.1) is 5.38 Å². The van der Waals surface area contributed by atoms with Crippen molar-refractivity contribution in [3.63, 3.8) is 0 Å². The molecule has 0 fully saturated rings. The van der Waals surface area contributed by atoms with Gasteiger partial charge >= 0.3 is 0 Å². The van der Waals surface area contributed by atoms with E-state index in [1.165, 1.54) is 17.7 Å². The van der Waals surface area contributed by atoms with Gasteiger partial charge in [0, 0.05) is 11.4 Å². The average molecular weight is 232 g/mol. The second-order valence-electron chi connectivity index (χ2n) is 3.60. The number of hydrogen-bond donors (Lipinski definition) is 0. The molecule has 3 heteroatoms. The Morgan fingerprint density at radius 2 is 2.36 bits per heavy atom. The fourth-order valence-corrected chi connectivity index (χ4v) is 2.51. The predicted molar refractivity (Wildman–Crippen MR) is 65.3 cm³/mol. The molecule has 0 N–H and O–H groups in total. The highest BCUT2D eigenvalue weighted by atomic mass is 35.5. The normalized spacial score (nSPS) is 13.4. The van der Waals surface area contributed by atoms with Crippen LogP contribution < -0.4 is 0 Å². The van der Waals surface area contributed by atoms with Crippen molar-refractivity contribution in [1.82, 2.24) is 4.90 Å². The van der Waals surface area contributed by atoms with E-state index in [-0.39, 0.29) is 5.38 Å². The van der Waals surface area contributed by atoms with E-state index >= 15 is 0 Å². The molecule has 0 spiro atoms. The maximum atomic E-state index is 6.29. The van der Waals surface area contributed by atoms with Gasteiger partial charge in [-0.25, -0.2) is 0 Å². The molecule has 0 aliphatic carbocycles. The smallest absolute Gasteiger partial charge is 0.0805 e. The van der Waals surface area contributed by atoms with E-state index in [0.717, 1.165) is 13.1 Å². The zero-order chi connectivity index (χ0) is 10.4. The third-order valence-electron chi connectivity index (χ3n) is 2.22. The topological polar surface area (TPSA) is 3.24 Å². The molecular weight excluding hydrogens is 214 g/mol. The molecule has 0 amide bonds. The van der Waals surface area contributed by atoms with Gasteiger partial charge in [-0.2, -0.15) is 0 Å². The molecular formula is C11H18ClNS. The van der Waals surface area contributed by atoms with Crippen LogP contribution in [-0.4, -0.2) is 25.0 Å². The highest BCUT2D eigenvalue weighted by Crippen LogP contribution is 2.25. The first kappa shape index (κ1) is 12.0. The minimum atomic E-state index is 0.150. The molecule has 0 aliphatic rings. The maximum absolute atomic E-state index is 6.29. The Balaban J connectivity index is 2.29. The highest BCUT2D eigenvalue weighted by Gasteiger charge is 2.11. The largest absolute Gasteiger partial charge is 0.305 e. The summed E-state index contributed by atoms with van der Waals surface area (Å²) < 4.78 is 0. The molecule has 1 aromatic rings. The lowest BCUT2D eigenvalue weighted by Crippen LogP contribution is -2.23. The molecule has 0 saturated carbocycles. The minimum Gasteiger partial charge on any atom is -0.305 e. The van der Waals surface area contributed by atoms with Crippen molar-refractivity contribution in [3.8, 4) is 0 Å². The van der Waals surface area contributed by atoms with E-state index in [2.05, 4.69) is 36.4 Å². The monoisotopic (exact) mass is 231 g/mol. The molecule has 0 bridgehead atoms. The lowest BCUT2D eigenvalue weighted by atomic mass is 10.3. The van der Waals surface area contributed by atoms with E-state index in [1.807, 2.05) is 0 Å². The molecule has 0 aliphatic heterocycles. The van der Waals surface area contributed by atoms with Gasteiger partial charge in [0.1, 0.15) is 0 Å². The number of thiophene rings is 1. The summed E-state index contributed by atoms with van der Waals surface area (Å²) in [4.78, 5) is 3.58. The van der Waals surface area contributed by atoms with E-state index in [4.69, 9.17) is 11.6 Å². The van der Waals surface area contributed by atoms with Crippen molar-refractivity contribution < 1.29 is 0 Å². The van der Waals surface area contributed by atoms with Crippen LogP contribution in [0.1, 0.15) is 30.0 Å². The van der Waals surface area contributed by atoms with Crippen LogP contribution in [0.5, 0.6) is 0 Å². The van der Waals surface area contributed by atoms with Gasteiger partial charge in [0.15, 0.2) is 0 Å². The third kappa shape index (κ3) is 3.99. The minimum absolute atomic E-state index is 0.150. The number of halogens is 1. The lowest BCUT2D eigenvalue weighted by molar-refractivity contribution is 0.329. The number of rotatable bonds is 6. The molecule has 1 nitrogen and oxygen atoms in total. The van der Waals surface area contributed by atoms with Crippen molar-refractivity contribution in [2.75, 3.05) is 20.1 Å². The summed E-state index contributed by atoms with van der Waals surface area (Å²) in [5, 5.41) is 2.23.